The summed E-state index contributed by atoms with van der Waals surface area (Å²) in [7, 11) is 0. The van der Waals surface area contributed by atoms with Gasteiger partial charge in [0.05, 0.1) is 13.2 Å². The summed E-state index contributed by atoms with van der Waals surface area (Å²) in [4.78, 5) is 24.8. The number of alkyl halides is 9. The Morgan fingerprint density at radius 2 is 1.48 bits per heavy atom. The van der Waals surface area contributed by atoms with Gasteiger partial charge >= 0.3 is 36.1 Å². The average molecular weight is 649 g/mol. The minimum absolute atomic E-state index is 0.0505. The summed E-state index contributed by atoms with van der Waals surface area (Å²) < 4.78 is 132. The lowest BCUT2D eigenvalue weighted by Crippen LogP contribution is -2.62. The predicted molar refractivity (Wildman–Crippen MR) is 137 cm³/mol. The molecule has 2 rings (SSSR count). The summed E-state index contributed by atoms with van der Waals surface area (Å²) in [6.45, 7) is 0.194. The van der Waals surface area contributed by atoms with Gasteiger partial charge in [0.15, 0.2) is 6.10 Å². The molecule has 0 aliphatic carbocycles. The van der Waals surface area contributed by atoms with E-state index in [-0.39, 0.29) is 31.1 Å². The second-order valence-electron chi connectivity index (χ2n) is 9.22. The molecule has 44 heavy (non-hydrogen) atoms. The number of halogens is 9. The van der Waals surface area contributed by atoms with Crippen LogP contribution in [0.4, 0.5) is 50.0 Å². The number of aliphatic carboxylic acids is 1. The highest BCUT2D eigenvalue weighted by molar-refractivity contribution is 5.90. The summed E-state index contributed by atoms with van der Waals surface area (Å²) in [5.41, 5.74) is 1.43. The standard InChI is InChI=1S/C27H29F9N2O6/c1-3-42-21(22(39)40)16-18-8-10-19(11-9-18)43-14-12-38(23(41)37-20-7-5-4-6-17(20)2)13-15-44-27(35,36)25(30,31)24(28,29)26(32,33)34/h4-11,21H,3,12-16H2,1-2H3,(H,37,41)(H,39,40). The van der Waals surface area contributed by atoms with E-state index in [9.17, 15) is 54.2 Å². The summed E-state index contributed by atoms with van der Waals surface area (Å²) in [6, 6.07) is 11.3. The van der Waals surface area contributed by atoms with Gasteiger partial charge in [-0.2, -0.15) is 39.5 Å². The molecule has 0 saturated heterocycles. The van der Waals surface area contributed by atoms with Crippen molar-refractivity contribution in [3.05, 3.63) is 59.7 Å². The highest BCUT2D eigenvalue weighted by Crippen LogP contribution is 2.53. The second-order valence-corrected chi connectivity index (χ2v) is 9.22. The number of benzene rings is 2. The zero-order valence-electron chi connectivity index (χ0n) is 23.3. The van der Waals surface area contributed by atoms with Gasteiger partial charge in [-0.3, -0.25) is 0 Å². The van der Waals surface area contributed by atoms with Crippen molar-refractivity contribution in [1.29, 1.82) is 0 Å². The Kier molecular flexibility index (Phi) is 12.3. The van der Waals surface area contributed by atoms with Crippen LogP contribution in [0.15, 0.2) is 48.5 Å². The maximum atomic E-state index is 13.8. The Labute approximate surface area is 245 Å². The Morgan fingerprint density at radius 3 is 2.02 bits per heavy atom. The third-order valence-corrected chi connectivity index (χ3v) is 6.05. The van der Waals surface area contributed by atoms with Gasteiger partial charge in [-0.05, 0) is 43.2 Å². The first-order valence-corrected chi connectivity index (χ1v) is 12.9. The molecular formula is C27H29F9N2O6. The fraction of sp³-hybridized carbons (Fsp3) is 0.481. The molecule has 0 fully saturated rings. The Balaban J connectivity index is 2.10. The van der Waals surface area contributed by atoms with Gasteiger partial charge in [-0.1, -0.05) is 30.3 Å². The van der Waals surface area contributed by atoms with E-state index in [0.717, 1.165) is 4.90 Å². The first-order chi connectivity index (χ1) is 20.3. The van der Waals surface area contributed by atoms with E-state index in [1.54, 1.807) is 44.2 Å². The van der Waals surface area contributed by atoms with Crippen molar-refractivity contribution in [2.45, 2.75) is 50.5 Å². The molecule has 2 amide bonds. The van der Waals surface area contributed by atoms with Crippen molar-refractivity contribution in [2.24, 2.45) is 0 Å². The molecule has 17 heteroatoms. The van der Waals surface area contributed by atoms with Gasteiger partial charge in [0.1, 0.15) is 12.4 Å². The van der Waals surface area contributed by atoms with Crippen LogP contribution in [0.3, 0.4) is 0 Å². The van der Waals surface area contributed by atoms with Crippen LogP contribution in [-0.2, 0) is 20.7 Å². The van der Waals surface area contributed by atoms with Crippen molar-refractivity contribution in [3.8, 4) is 5.75 Å². The summed E-state index contributed by atoms with van der Waals surface area (Å²) >= 11 is 0. The largest absolute Gasteiger partial charge is 0.492 e. The lowest BCUT2D eigenvalue weighted by atomic mass is 10.1. The number of urea groups is 1. The lowest BCUT2D eigenvalue weighted by molar-refractivity contribution is -0.443. The number of aryl methyl sites for hydroxylation is 1. The van der Waals surface area contributed by atoms with Crippen LogP contribution in [0, 0.1) is 6.92 Å². The van der Waals surface area contributed by atoms with E-state index >= 15 is 0 Å². The number of nitrogens with one attached hydrogen (secondary N) is 1. The van der Waals surface area contributed by atoms with Crippen molar-refractivity contribution in [3.63, 3.8) is 0 Å². The van der Waals surface area contributed by atoms with E-state index < -0.39 is 61.9 Å². The van der Waals surface area contributed by atoms with Gasteiger partial charge in [0.2, 0.25) is 0 Å². The van der Waals surface area contributed by atoms with E-state index in [1.165, 1.54) is 18.2 Å². The maximum Gasteiger partial charge on any atom is 0.460 e. The van der Waals surface area contributed by atoms with Crippen LogP contribution in [0.25, 0.3) is 0 Å². The average Bonchev–Trinajstić information content (AvgIpc) is 2.93. The fourth-order valence-electron chi connectivity index (χ4n) is 3.59. The van der Waals surface area contributed by atoms with E-state index in [0.29, 0.717) is 11.1 Å². The van der Waals surface area contributed by atoms with Crippen molar-refractivity contribution < 1.29 is 68.4 Å². The zero-order valence-corrected chi connectivity index (χ0v) is 23.3. The van der Waals surface area contributed by atoms with E-state index in [4.69, 9.17) is 9.47 Å². The molecule has 2 aromatic carbocycles. The van der Waals surface area contributed by atoms with Crippen molar-refractivity contribution in [1.82, 2.24) is 4.90 Å². The fourth-order valence-corrected chi connectivity index (χ4v) is 3.59. The Morgan fingerprint density at radius 1 is 0.886 bits per heavy atom. The number of rotatable bonds is 16. The van der Waals surface area contributed by atoms with E-state index in [2.05, 4.69) is 10.1 Å². The minimum atomic E-state index is -7.12. The van der Waals surface area contributed by atoms with Crippen LogP contribution < -0.4 is 10.1 Å². The third-order valence-electron chi connectivity index (χ3n) is 6.05. The molecule has 1 atom stereocenters. The normalized spacial score (nSPS) is 13.3. The SMILES string of the molecule is CCOC(Cc1ccc(OCCN(CCOC(F)(F)C(F)(F)C(F)(F)C(F)(F)F)C(=O)Nc2ccccc2C)cc1)C(=O)O. The first-order valence-electron chi connectivity index (χ1n) is 12.9. The van der Waals surface area contributed by atoms with Crippen LogP contribution in [0.2, 0.25) is 0 Å². The van der Waals surface area contributed by atoms with Gasteiger partial charge in [0.25, 0.3) is 0 Å². The van der Waals surface area contributed by atoms with Gasteiger partial charge in [-0.15, -0.1) is 0 Å². The third kappa shape index (κ3) is 9.14. The van der Waals surface area contributed by atoms with Crippen molar-refractivity contribution >= 4 is 17.7 Å². The number of carboxylic acid groups (broad SMARTS) is 1. The topological polar surface area (TPSA) is 97.3 Å². The number of para-hydroxylation sites is 1. The summed E-state index contributed by atoms with van der Waals surface area (Å²) in [5, 5.41) is 11.6. The predicted octanol–water partition coefficient (Wildman–Crippen LogP) is 6.38. The molecule has 0 aromatic heterocycles. The molecule has 1 unspecified atom stereocenters. The molecule has 2 aromatic rings. The highest BCUT2D eigenvalue weighted by Gasteiger charge is 2.82. The number of hydrogen-bond donors (Lipinski definition) is 2. The molecule has 0 spiro atoms. The first kappa shape index (κ1) is 36.5. The minimum Gasteiger partial charge on any atom is -0.492 e. The molecule has 0 aliphatic rings. The second kappa shape index (κ2) is 14.8. The summed E-state index contributed by atoms with van der Waals surface area (Å²) in [6.07, 6.45) is -14.3. The highest BCUT2D eigenvalue weighted by atomic mass is 19.4. The Hall–Kier alpha value is -3.73. The van der Waals surface area contributed by atoms with Crippen LogP contribution >= 0.6 is 0 Å². The number of ether oxygens (including phenoxy) is 3. The lowest BCUT2D eigenvalue weighted by Gasteiger charge is -2.33. The number of nitrogens with zero attached hydrogens (tertiary/aromatic N) is 1. The van der Waals surface area contributed by atoms with Crippen molar-refractivity contribution in [2.75, 3.05) is 38.2 Å². The number of carboxylic acids is 1. The van der Waals surface area contributed by atoms with Gasteiger partial charge in [0, 0.05) is 25.3 Å². The number of anilines is 1. The quantitative estimate of drug-likeness (QED) is 0.205. The number of carbonyl (C=O) groups is 2. The number of carbonyl (C=O) groups excluding carboxylic acids is 1. The Bertz CT molecular complexity index is 1240. The van der Waals surface area contributed by atoms with E-state index in [1.807, 2.05) is 0 Å². The van der Waals surface area contributed by atoms with Crippen LogP contribution in [0.5, 0.6) is 5.75 Å². The van der Waals surface area contributed by atoms with Crippen LogP contribution in [-0.4, -0.2) is 85.2 Å². The number of hydrogen-bond acceptors (Lipinski definition) is 5. The molecule has 0 radical (unpaired) electrons. The molecule has 0 saturated carbocycles. The smallest absolute Gasteiger partial charge is 0.460 e. The summed E-state index contributed by atoms with van der Waals surface area (Å²) in [5.74, 6) is -15.0. The molecular weight excluding hydrogens is 619 g/mol. The number of amides is 2. The monoisotopic (exact) mass is 648 g/mol. The van der Waals surface area contributed by atoms with Crippen LogP contribution in [0.1, 0.15) is 18.1 Å². The molecule has 246 valence electrons. The molecule has 0 aliphatic heterocycles. The van der Waals surface area contributed by atoms with Gasteiger partial charge in [-0.25, -0.2) is 9.59 Å². The molecule has 0 heterocycles. The molecule has 2 N–H and O–H groups in total. The van der Waals surface area contributed by atoms with Gasteiger partial charge < -0.3 is 29.5 Å². The molecule has 8 nitrogen and oxygen atoms in total. The maximum absolute atomic E-state index is 13.8. The zero-order chi connectivity index (χ0) is 33.3. The molecule has 0 bridgehead atoms.